The molecular weight excluding hydrogens is 771 g/mol. The molecule has 17 heteroatoms. The molecule has 0 saturated carbocycles. The van der Waals surface area contributed by atoms with Crippen molar-refractivity contribution < 1.29 is 42.7 Å². The number of ether oxygens (including phenoxy) is 7. The summed E-state index contributed by atoms with van der Waals surface area (Å²) in [4.78, 5) is 53.3. The maximum atomic E-state index is 16.7. The Morgan fingerprint density at radius 3 is 1.75 bits per heavy atom. The van der Waals surface area contributed by atoms with Crippen LogP contribution in [0.15, 0.2) is 123 Å². The van der Waals surface area contributed by atoms with Gasteiger partial charge in [-0.25, -0.2) is 14.0 Å². The molecule has 3 aromatic carbocycles. The van der Waals surface area contributed by atoms with E-state index in [9.17, 15) is 24.3 Å². The van der Waals surface area contributed by atoms with E-state index >= 15 is 4.39 Å². The van der Waals surface area contributed by atoms with Crippen molar-refractivity contribution in [3.8, 4) is 11.5 Å². The average molecular weight is 817 g/mol. The monoisotopic (exact) mass is 816 g/mol. The molecule has 16 nitrogen and oxygen atoms in total. The van der Waals surface area contributed by atoms with Crippen molar-refractivity contribution in [2.45, 2.75) is 67.6 Å². The predicted octanol–water partition coefficient (Wildman–Crippen LogP) is 2.79. The van der Waals surface area contributed by atoms with E-state index in [2.05, 4.69) is 9.97 Å². The lowest BCUT2D eigenvalue weighted by Gasteiger charge is -2.37. The van der Waals surface area contributed by atoms with Crippen LogP contribution in [0.3, 0.4) is 0 Å². The Hall–Kier alpha value is -5.69. The molecular formula is C42H45FN4O12. The van der Waals surface area contributed by atoms with Gasteiger partial charge < -0.3 is 38.3 Å². The van der Waals surface area contributed by atoms with Gasteiger partial charge in [0, 0.05) is 38.2 Å². The molecule has 59 heavy (non-hydrogen) atoms. The Labute approximate surface area is 336 Å². The Bertz CT molecular complexity index is 2360. The van der Waals surface area contributed by atoms with Crippen LogP contribution in [0.1, 0.15) is 42.0 Å². The molecule has 0 spiro atoms. The maximum absolute atomic E-state index is 16.7. The minimum absolute atomic E-state index is 0.0352. The first-order valence-corrected chi connectivity index (χ1v) is 19.0. The summed E-state index contributed by atoms with van der Waals surface area (Å²) in [6.07, 6.45) is -6.74. The molecule has 0 unspecified atom stereocenters. The summed E-state index contributed by atoms with van der Waals surface area (Å²) < 4.78 is 60.7. The number of nitrogens with zero attached hydrogens (tertiary/aromatic N) is 2. The summed E-state index contributed by atoms with van der Waals surface area (Å²) in [6, 6.07) is 26.5. The lowest BCUT2D eigenvalue weighted by atomic mass is 9.80. The van der Waals surface area contributed by atoms with E-state index < -0.39 is 77.2 Å². The zero-order valence-electron chi connectivity index (χ0n) is 32.5. The topological polar surface area (TPSA) is 195 Å². The van der Waals surface area contributed by atoms with Crippen LogP contribution in [0.25, 0.3) is 0 Å². The van der Waals surface area contributed by atoms with Crippen LogP contribution in [0.2, 0.25) is 0 Å². The SMILES string of the molecule is COc1ccc(C(OC[C@H]2O[C@@H](n3ccc(=O)[nH]c3=O)[C@H](F)[C@@H]2OCCC[C@H]2O[C@@H](n3ccc(=O)[nH]c3=O)[C@H](OC)[C@@H]2O)(c2ccccc2)c2ccc(OC)cc2)cc1. The van der Waals surface area contributed by atoms with Crippen molar-refractivity contribution in [1.29, 1.82) is 0 Å². The summed E-state index contributed by atoms with van der Waals surface area (Å²) in [5.41, 5.74) is -1.92. The van der Waals surface area contributed by atoms with Crippen LogP contribution in [0, 0.1) is 0 Å². The lowest BCUT2D eigenvalue weighted by molar-refractivity contribution is -0.105. The molecule has 2 aliphatic heterocycles. The smallest absolute Gasteiger partial charge is 0.330 e. The Balaban J connectivity index is 1.16. The first kappa shape index (κ1) is 41.5. The summed E-state index contributed by atoms with van der Waals surface area (Å²) in [5, 5.41) is 11.1. The van der Waals surface area contributed by atoms with E-state index in [1.807, 2.05) is 78.9 Å². The molecule has 7 rings (SSSR count). The number of nitrogens with one attached hydrogen (secondary N) is 2. The minimum Gasteiger partial charge on any atom is -0.497 e. The van der Waals surface area contributed by atoms with Gasteiger partial charge >= 0.3 is 11.4 Å². The standard InChI is InChI=1S/C42H45FN4O12/c1-53-28-15-11-26(12-16-28)42(25-8-5-4-6-9-25,27-13-17-29(54-2)18-14-27)57-24-31-36(34(43)38(59-31)46-21-19-32(48)44-40(46)51)56-23-7-10-30-35(50)37(55-3)39(58-30)47-22-20-33(49)45-41(47)52/h4-6,8-9,11-22,30-31,34-39,50H,7,10,23-24H2,1-3H3,(H,44,48,51)(H,45,49,52)/t30-,31-,34-,35-,36-,37-,38-,39-/m1/s1. The third-order valence-electron chi connectivity index (χ3n) is 10.7. The quantitative estimate of drug-likeness (QED) is 0.0976. The third-order valence-corrected chi connectivity index (χ3v) is 10.7. The van der Waals surface area contributed by atoms with E-state index in [-0.39, 0.29) is 26.1 Å². The Morgan fingerprint density at radius 1 is 0.695 bits per heavy atom. The Kier molecular flexibility index (Phi) is 12.7. The predicted molar refractivity (Wildman–Crippen MR) is 209 cm³/mol. The number of aromatic nitrogens is 4. The number of rotatable bonds is 16. The van der Waals surface area contributed by atoms with Crippen molar-refractivity contribution in [1.82, 2.24) is 19.1 Å². The first-order chi connectivity index (χ1) is 28.6. The molecule has 2 aromatic heterocycles. The summed E-state index contributed by atoms with van der Waals surface area (Å²) in [7, 11) is 4.51. The number of aliphatic hydroxyl groups excluding tert-OH is 1. The zero-order valence-corrected chi connectivity index (χ0v) is 32.5. The number of aliphatic hydroxyl groups is 1. The maximum Gasteiger partial charge on any atom is 0.330 e. The normalized spacial score (nSPS) is 24.3. The highest BCUT2D eigenvalue weighted by atomic mass is 19.1. The number of hydrogen-bond acceptors (Lipinski definition) is 12. The number of hydrogen-bond donors (Lipinski definition) is 3. The molecule has 2 fully saturated rings. The number of halogens is 1. The van der Waals surface area contributed by atoms with E-state index in [0.29, 0.717) is 11.5 Å². The van der Waals surface area contributed by atoms with E-state index in [0.717, 1.165) is 44.2 Å². The molecule has 3 N–H and O–H groups in total. The van der Waals surface area contributed by atoms with Crippen LogP contribution < -0.4 is 32.0 Å². The van der Waals surface area contributed by atoms with Crippen LogP contribution in [0.4, 0.5) is 4.39 Å². The third kappa shape index (κ3) is 8.43. The fourth-order valence-electron chi connectivity index (χ4n) is 7.73. The van der Waals surface area contributed by atoms with Gasteiger partial charge in [0.15, 0.2) is 18.6 Å². The summed E-state index contributed by atoms with van der Waals surface area (Å²) >= 11 is 0. The van der Waals surface area contributed by atoms with Gasteiger partial charge in [-0.05, 0) is 53.8 Å². The molecule has 0 bridgehead atoms. The minimum atomic E-state index is -1.90. The first-order valence-electron chi connectivity index (χ1n) is 19.0. The summed E-state index contributed by atoms with van der Waals surface area (Å²) in [6.45, 7) is -0.269. The Morgan fingerprint density at radius 2 is 1.22 bits per heavy atom. The van der Waals surface area contributed by atoms with Gasteiger partial charge in [-0.2, -0.15) is 0 Å². The van der Waals surface area contributed by atoms with Gasteiger partial charge in [0.25, 0.3) is 11.1 Å². The number of benzene rings is 3. The van der Waals surface area contributed by atoms with Gasteiger partial charge in [0.1, 0.15) is 41.5 Å². The molecule has 0 aliphatic carbocycles. The van der Waals surface area contributed by atoms with Crippen LogP contribution in [-0.4, -0.2) is 95.4 Å². The summed E-state index contributed by atoms with van der Waals surface area (Å²) in [5.74, 6) is 1.25. The molecule has 4 heterocycles. The zero-order chi connectivity index (χ0) is 41.7. The second-order valence-electron chi connectivity index (χ2n) is 14.1. The lowest BCUT2D eigenvalue weighted by Crippen LogP contribution is -2.40. The van der Waals surface area contributed by atoms with Crippen molar-refractivity contribution in [3.05, 3.63) is 162 Å². The van der Waals surface area contributed by atoms with E-state index in [1.165, 1.54) is 13.3 Å². The number of alkyl halides is 1. The van der Waals surface area contributed by atoms with E-state index in [4.69, 9.17) is 33.2 Å². The van der Waals surface area contributed by atoms with E-state index in [1.54, 1.807) is 14.2 Å². The highest BCUT2D eigenvalue weighted by Gasteiger charge is 2.50. The van der Waals surface area contributed by atoms with Crippen LogP contribution >= 0.6 is 0 Å². The number of aromatic amines is 2. The second-order valence-corrected chi connectivity index (χ2v) is 14.1. The number of H-pyrrole nitrogens is 2. The fourth-order valence-corrected chi connectivity index (χ4v) is 7.73. The fraction of sp³-hybridized carbons (Fsp3) is 0.381. The van der Waals surface area contributed by atoms with Crippen molar-refractivity contribution in [2.75, 3.05) is 34.5 Å². The molecule has 312 valence electrons. The molecule has 0 amide bonds. The van der Waals surface area contributed by atoms with Gasteiger partial charge in [-0.3, -0.25) is 28.7 Å². The second kappa shape index (κ2) is 18.1. The highest BCUT2D eigenvalue weighted by Crippen LogP contribution is 2.43. The van der Waals surface area contributed by atoms with Crippen LogP contribution in [-0.2, 0) is 29.3 Å². The molecule has 2 saturated heterocycles. The van der Waals surface area contributed by atoms with Crippen molar-refractivity contribution in [2.24, 2.45) is 0 Å². The molecule has 0 radical (unpaired) electrons. The molecule has 2 aliphatic rings. The van der Waals surface area contributed by atoms with Gasteiger partial charge in [-0.1, -0.05) is 54.6 Å². The van der Waals surface area contributed by atoms with Gasteiger partial charge in [0.2, 0.25) is 0 Å². The largest absolute Gasteiger partial charge is 0.497 e. The molecule has 5 aromatic rings. The van der Waals surface area contributed by atoms with Gasteiger partial charge in [0.05, 0.1) is 26.9 Å². The van der Waals surface area contributed by atoms with Crippen molar-refractivity contribution >= 4 is 0 Å². The average Bonchev–Trinajstić information content (AvgIpc) is 3.74. The van der Waals surface area contributed by atoms with Crippen LogP contribution in [0.5, 0.6) is 11.5 Å². The van der Waals surface area contributed by atoms with Gasteiger partial charge in [-0.15, -0.1) is 0 Å². The van der Waals surface area contributed by atoms with Crippen molar-refractivity contribution in [3.63, 3.8) is 0 Å². The molecule has 8 atom stereocenters. The number of methoxy groups -OCH3 is 3. The highest BCUT2D eigenvalue weighted by molar-refractivity contribution is 5.49.